The lowest BCUT2D eigenvalue weighted by molar-refractivity contribution is 0.0875. The Morgan fingerprint density at radius 1 is 1.16 bits per heavy atom. The summed E-state index contributed by atoms with van der Waals surface area (Å²) in [6.45, 7) is 0.271. The van der Waals surface area contributed by atoms with Gasteiger partial charge in [0, 0.05) is 34.6 Å². The topological polar surface area (TPSA) is 108 Å². The molecule has 3 atom stereocenters. The molecular formula is C21H17ClN2O6P2. The van der Waals surface area contributed by atoms with Crippen molar-refractivity contribution in [3.63, 3.8) is 0 Å². The van der Waals surface area contributed by atoms with E-state index in [1.807, 2.05) is 12.1 Å². The first-order chi connectivity index (χ1) is 15.4. The summed E-state index contributed by atoms with van der Waals surface area (Å²) < 4.78 is 41.3. The lowest BCUT2D eigenvalue weighted by Crippen LogP contribution is -2.20. The predicted octanol–water partition coefficient (Wildman–Crippen LogP) is 5.19. The molecule has 2 aromatic carbocycles. The Morgan fingerprint density at radius 3 is 2.84 bits per heavy atom. The predicted molar refractivity (Wildman–Crippen MR) is 122 cm³/mol. The molecule has 32 heavy (non-hydrogen) atoms. The maximum Gasteiger partial charge on any atom is 0.365 e. The highest BCUT2D eigenvalue weighted by atomic mass is 35.5. The summed E-state index contributed by atoms with van der Waals surface area (Å²) >= 11 is 6.09. The van der Waals surface area contributed by atoms with Gasteiger partial charge in [-0.05, 0) is 35.9 Å². The molecule has 0 spiro atoms. The lowest BCUT2D eigenvalue weighted by Gasteiger charge is -2.30. The van der Waals surface area contributed by atoms with E-state index >= 15 is 0 Å². The Hall–Kier alpha value is -2.31. The van der Waals surface area contributed by atoms with Crippen LogP contribution in [0.25, 0.3) is 21.8 Å². The molecule has 1 aliphatic rings. The molecule has 0 saturated carbocycles. The number of benzene rings is 2. The Morgan fingerprint density at radius 2 is 2.03 bits per heavy atom. The molecule has 0 amide bonds. The van der Waals surface area contributed by atoms with Gasteiger partial charge in [-0.1, -0.05) is 29.8 Å². The number of hydrogen-bond donors (Lipinski definition) is 1. The summed E-state index contributed by atoms with van der Waals surface area (Å²) in [5, 5.41) is 2.13. The van der Waals surface area contributed by atoms with Crippen LogP contribution in [-0.4, -0.2) is 21.5 Å². The standard InChI is InChI=1S/C21H17ClN2O6P2/c22-15-3-1-2-13(10-15)18-7-9-28-32(27,30-18)16-11-14-4-5-17-19(29-31(25)26)6-8-23-21(17)20(14)24-12-16/h1-6,8,10-12,18,31H,7,9H2,(H,25,26). The van der Waals surface area contributed by atoms with E-state index in [2.05, 4.69) is 9.97 Å². The van der Waals surface area contributed by atoms with Gasteiger partial charge in [-0.2, -0.15) is 0 Å². The first-order valence-corrected chi connectivity index (χ1v) is 12.9. The molecule has 11 heteroatoms. The largest absolute Gasteiger partial charge is 0.426 e. The van der Waals surface area contributed by atoms with Gasteiger partial charge in [0.25, 0.3) is 0 Å². The van der Waals surface area contributed by atoms with Crippen LogP contribution < -0.4 is 9.83 Å². The summed E-state index contributed by atoms with van der Waals surface area (Å²) in [5.74, 6) is 0.241. The van der Waals surface area contributed by atoms with Crippen LogP contribution in [0.15, 0.2) is 60.9 Å². The number of nitrogens with zero attached hydrogens (tertiary/aromatic N) is 2. The SMILES string of the molecule is O=[PH](O)Oc1ccnc2c1ccc1cc(P3(=O)OCCC(c4cccc(Cl)c4)O3)cnc12. The molecule has 2 aromatic heterocycles. The fraction of sp³-hybridized carbons (Fsp3) is 0.143. The van der Waals surface area contributed by atoms with Gasteiger partial charge in [-0.3, -0.25) is 19.1 Å². The van der Waals surface area contributed by atoms with Crippen LogP contribution in [-0.2, 0) is 18.2 Å². The molecule has 0 radical (unpaired) electrons. The number of rotatable bonds is 4. The fourth-order valence-corrected chi connectivity index (χ4v) is 6.01. The van der Waals surface area contributed by atoms with E-state index in [0.717, 1.165) is 5.56 Å². The molecule has 4 aromatic rings. The third kappa shape index (κ3) is 4.06. The van der Waals surface area contributed by atoms with Crippen molar-refractivity contribution in [3.8, 4) is 5.75 Å². The van der Waals surface area contributed by atoms with Gasteiger partial charge in [0.1, 0.15) is 11.3 Å². The Balaban J connectivity index is 1.53. The molecule has 8 nitrogen and oxygen atoms in total. The summed E-state index contributed by atoms with van der Waals surface area (Å²) in [6, 6.07) is 13.9. The molecule has 1 saturated heterocycles. The van der Waals surface area contributed by atoms with E-state index in [-0.39, 0.29) is 12.4 Å². The van der Waals surface area contributed by atoms with Crippen LogP contribution >= 0.6 is 27.5 Å². The van der Waals surface area contributed by atoms with Gasteiger partial charge in [0.2, 0.25) is 0 Å². The van der Waals surface area contributed by atoms with Crippen molar-refractivity contribution in [2.75, 3.05) is 6.61 Å². The van der Waals surface area contributed by atoms with Gasteiger partial charge in [-0.15, -0.1) is 0 Å². The number of fused-ring (bicyclic) bond motifs is 3. The fourth-order valence-electron chi connectivity index (χ4n) is 3.71. The van der Waals surface area contributed by atoms with Gasteiger partial charge in [-0.25, -0.2) is 4.57 Å². The number of hydrogen-bond acceptors (Lipinski definition) is 7. The van der Waals surface area contributed by atoms with E-state index in [1.165, 1.54) is 18.5 Å². The highest BCUT2D eigenvalue weighted by Crippen LogP contribution is 2.55. The van der Waals surface area contributed by atoms with Crippen molar-refractivity contribution < 1.29 is 27.6 Å². The van der Waals surface area contributed by atoms with E-state index in [9.17, 15) is 9.13 Å². The normalized spacial score (nSPS) is 22.1. The molecule has 3 unspecified atom stereocenters. The zero-order valence-electron chi connectivity index (χ0n) is 16.5. The monoisotopic (exact) mass is 490 g/mol. The second-order valence-electron chi connectivity index (χ2n) is 7.17. The Kier molecular flexibility index (Phi) is 5.76. The molecule has 3 heterocycles. The van der Waals surface area contributed by atoms with Crippen molar-refractivity contribution >= 4 is 54.6 Å². The number of halogens is 1. The Bertz CT molecular complexity index is 1420. The van der Waals surface area contributed by atoms with Crippen LogP contribution in [0.3, 0.4) is 0 Å². The van der Waals surface area contributed by atoms with Crippen molar-refractivity contribution in [1.29, 1.82) is 0 Å². The zero-order valence-corrected chi connectivity index (χ0v) is 19.1. The summed E-state index contributed by atoms with van der Waals surface area (Å²) in [4.78, 5) is 17.9. The second kappa shape index (κ2) is 8.56. The molecular weight excluding hydrogens is 474 g/mol. The first kappa shape index (κ1) is 21.5. The van der Waals surface area contributed by atoms with E-state index in [0.29, 0.717) is 38.6 Å². The highest BCUT2D eigenvalue weighted by Gasteiger charge is 2.36. The molecule has 5 rings (SSSR count). The third-order valence-electron chi connectivity index (χ3n) is 5.15. The third-order valence-corrected chi connectivity index (χ3v) is 7.71. The second-order valence-corrected chi connectivity index (χ2v) is 10.3. The van der Waals surface area contributed by atoms with Crippen molar-refractivity contribution in [2.24, 2.45) is 0 Å². The van der Waals surface area contributed by atoms with Crippen LogP contribution in [0.2, 0.25) is 5.02 Å². The zero-order chi connectivity index (χ0) is 22.3. The van der Waals surface area contributed by atoms with Crippen molar-refractivity contribution in [3.05, 3.63) is 71.5 Å². The maximum atomic E-state index is 13.6. The summed E-state index contributed by atoms with van der Waals surface area (Å²) in [5.41, 5.74) is 1.86. The van der Waals surface area contributed by atoms with E-state index in [4.69, 9.17) is 30.1 Å². The van der Waals surface area contributed by atoms with Crippen LogP contribution in [0.5, 0.6) is 5.75 Å². The average molecular weight is 491 g/mol. The average Bonchev–Trinajstić information content (AvgIpc) is 2.78. The molecule has 0 aliphatic carbocycles. The minimum absolute atomic E-state index is 0.241. The van der Waals surface area contributed by atoms with Gasteiger partial charge in [0.15, 0.2) is 0 Å². The van der Waals surface area contributed by atoms with E-state index in [1.54, 1.807) is 30.3 Å². The number of pyridine rings is 2. The summed E-state index contributed by atoms with van der Waals surface area (Å²) in [6.07, 6.45) is 3.06. The van der Waals surface area contributed by atoms with Crippen LogP contribution in [0.4, 0.5) is 0 Å². The minimum atomic E-state index is -3.62. The molecule has 0 bridgehead atoms. The van der Waals surface area contributed by atoms with Gasteiger partial charge >= 0.3 is 15.9 Å². The van der Waals surface area contributed by atoms with Crippen LogP contribution in [0, 0.1) is 0 Å². The maximum absolute atomic E-state index is 13.6. The highest BCUT2D eigenvalue weighted by molar-refractivity contribution is 7.62. The molecule has 1 aliphatic heterocycles. The summed E-state index contributed by atoms with van der Waals surface area (Å²) in [7, 11) is -6.78. The molecule has 1 fully saturated rings. The van der Waals surface area contributed by atoms with Crippen LogP contribution in [0.1, 0.15) is 18.1 Å². The molecule has 1 N–H and O–H groups in total. The minimum Gasteiger partial charge on any atom is -0.426 e. The van der Waals surface area contributed by atoms with Crippen molar-refractivity contribution in [1.82, 2.24) is 9.97 Å². The first-order valence-electron chi connectivity index (χ1n) is 9.70. The van der Waals surface area contributed by atoms with Crippen molar-refractivity contribution in [2.45, 2.75) is 12.5 Å². The Labute approximate surface area is 188 Å². The number of aromatic nitrogens is 2. The smallest absolute Gasteiger partial charge is 0.365 e. The van der Waals surface area contributed by atoms with Gasteiger partial charge < -0.3 is 13.9 Å². The van der Waals surface area contributed by atoms with E-state index < -0.39 is 22.0 Å². The lowest BCUT2D eigenvalue weighted by atomic mass is 10.1. The van der Waals surface area contributed by atoms with Gasteiger partial charge in [0.05, 0.1) is 23.5 Å². The molecule has 164 valence electrons. The quantitative estimate of drug-likeness (QED) is 0.307.